The minimum atomic E-state index is -0.312. The number of halogens is 1. The van der Waals surface area contributed by atoms with Crippen molar-refractivity contribution in [3.05, 3.63) is 61.0 Å². The molecule has 1 aliphatic carbocycles. The molecule has 0 aromatic heterocycles. The first-order chi connectivity index (χ1) is 10.6. The molecule has 1 aromatic carbocycles. The quantitative estimate of drug-likeness (QED) is 0.787. The van der Waals surface area contributed by atoms with Gasteiger partial charge in [0.05, 0.1) is 0 Å². The van der Waals surface area contributed by atoms with Gasteiger partial charge in [-0.25, -0.2) is 4.39 Å². The minimum absolute atomic E-state index is 0.0615. The Bertz CT molecular complexity index is 548. The molecule has 1 fully saturated rings. The molecule has 0 aliphatic heterocycles. The lowest BCUT2D eigenvalue weighted by atomic mass is 9.67. The van der Waals surface area contributed by atoms with E-state index in [1.807, 2.05) is 6.07 Å². The maximum atomic E-state index is 13.3. The van der Waals surface area contributed by atoms with Gasteiger partial charge in [-0.2, -0.15) is 0 Å². The highest BCUT2D eigenvalue weighted by Crippen LogP contribution is 2.42. The number of hydrogen-bond acceptors (Lipinski definition) is 2. The average Bonchev–Trinajstić information content (AvgIpc) is 2.45. The van der Waals surface area contributed by atoms with E-state index in [1.54, 1.807) is 23.1 Å². The van der Waals surface area contributed by atoms with Crippen LogP contribution in [0.2, 0.25) is 0 Å². The first-order valence-corrected chi connectivity index (χ1v) is 7.60. The number of hydrogen-bond donors (Lipinski definition) is 1. The number of carbonyl (C=O) groups is 1. The monoisotopic (exact) mass is 302 g/mol. The predicted molar refractivity (Wildman–Crippen MR) is 86.5 cm³/mol. The number of nitrogens with zero attached hydrogens (tertiary/aromatic N) is 1. The molecule has 1 aliphatic rings. The Labute approximate surface area is 131 Å². The van der Waals surface area contributed by atoms with Crippen molar-refractivity contribution in [2.75, 3.05) is 13.1 Å². The largest absolute Gasteiger partial charge is 0.335 e. The zero-order valence-corrected chi connectivity index (χ0v) is 12.7. The molecule has 1 aromatic rings. The Morgan fingerprint density at radius 2 is 2.05 bits per heavy atom. The van der Waals surface area contributed by atoms with Gasteiger partial charge < -0.3 is 10.6 Å². The van der Waals surface area contributed by atoms with Gasteiger partial charge in [-0.15, -0.1) is 13.2 Å². The van der Waals surface area contributed by atoms with E-state index in [0.717, 1.165) is 18.4 Å². The first kappa shape index (κ1) is 16.4. The first-order valence-electron chi connectivity index (χ1n) is 7.60. The van der Waals surface area contributed by atoms with Gasteiger partial charge in [0, 0.05) is 25.0 Å². The van der Waals surface area contributed by atoms with Gasteiger partial charge >= 0.3 is 0 Å². The Morgan fingerprint density at radius 1 is 1.36 bits per heavy atom. The van der Waals surface area contributed by atoms with Gasteiger partial charge in [0.15, 0.2) is 0 Å². The van der Waals surface area contributed by atoms with Gasteiger partial charge in [-0.3, -0.25) is 4.79 Å². The highest BCUT2D eigenvalue weighted by Gasteiger charge is 2.42. The fraction of sp³-hybridized carbons (Fsp3) is 0.389. The topological polar surface area (TPSA) is 46.3 Å². The van der Waals surface area contributed by atoms with E-state index < -0.39 is 0 Å². The number of amides is 1. The second kappa shape index (κ2) is 7.36. The van der Waals surface area contributed by atoms with E-state index >= 15 is 0 Å². The Morgan fingerprint density at radius 3 is 2.55 bits per heavy atom. The zero-order chi connectivity index (χ0) is 16.1. The van der Waals surface area contributed by atoms with Gasteiger partial charge in [0.2, 0.25) is 5.91 Å². The lowest BCUT2D eigenvalue weighted by Gasteiger charge is -2.41. The Balaban J connectivity index is 2.08. The van der Waals surface area contributed by atoms with Crippen molar-refractivity contribution in [2.24, 2.45) is 17.6 Å². The van der Waals surface area contributed by atoms with Crippen LogP contribution >= 0.6 is 0 Å². The van der Waals surface area contributed by atoms with Crippen LogP contribution in [0.1, 0.15) is 24.4 Å². The molecule has 3 atom stereocenters. The van der Waals surface area contributed by atoms with E-state index in [0.29, 0.717) is 13.1 Å². The zero-order valence-electron chi connectivity index (χ0n) is 12.7. The SMILES string of the molecule is C=CCN(CC=C)C(=O)[C@@H]1CC[C@@H]1C(N)c1cccc(F)c1. The van der Waals surface area contributed by atoms with Crippen LogP contribution in [0.5, 0.6) is 0 Å². The molecule has 4 heteroatoms. The summed E-state index contributed by atoms with van der Waals surface area (Å²) in [5, 5.41) is 0. The Kier molecular flexibility index (Phi) is 5.50. The summed E-state index contributed by atoms with van der Waals surface area (Å²) in [7, 11) is 0. The van der Waals surface area contributed by atoms with Crippen LogP contribution in [0, 0.1) is 17.7 Å². The van der Waals surface area contributed by atoms with Gasteiger partial charge in [0.25, 0.3) is 0 Å². The molecule has 0 saturated heterocycles. The molecule has 0 spiro atoms. The molecule has 2 rings (SSSR count). The third kappa shape index (κ3) is 3.45. The van der Waals surface area contributed by atoms with Gasteiger partial charge in [-0.05, 0) is 36.5 Å². The summed E-state index contributed by atoms with van der Waals surface area (Å²) in [5.41, 5.74) is 7.02. The number of nitrogens with two attached hydrogens (primary N) is 1. The molecule has 22 heavy (non-hydrogen) atoms. The fourth-order valence-corrected chi connectivity index (χ4v) is 3.02. The molecule has 0 heterocycles. The molecular weight excluding hydrogens is 279 g/mol. The number of rotatable bonds is 7. The maximum absolute atomic E-state index is 13.3. The van der Waals surface area contributed by atoms with Crippen molar-refractivity contribution in [3.8, 4) is 0 Å². The fourth-order valence-electron chi connectivity index (χ4n) is 3.02. The second-order valence-electron chi connectivity index (χ2n) is 5.75. The van der Waals surface area contributed by atoms with Crippen LogP contribution in [-0.2, 0) is 4.79 Å². The molecule has 2 N–H and O–H groups in total. The van der Waals surface area contributed by atoms with Crippen molar-refractivity contribution in [2.45, 2.75) is 18.9 Å². The number of carbonyl (C=O) groups excluding carboxylic acids is 1. The smallest absolute Gasteiger partial charge is 0.226 e. The third-order valence-corrected chi connectivity index (χ3v) is 4.35. The predicted octanol–water partition coefficient (Wildman–Crippen LogP) is 3.05. The van der Waals surface area contributed by atoms with Crippen LogP contribution in [0.25, 0.3) is 0 Å². The summed E-state index contributed by atoms with van der Waals surface area (Å²) in [6.45, 7) is 8.38. The average molecular weight is 302 g/mol. The Hall–Kier alpha value is -1.94. The summed E-state index contributed by atoms with van der Waals surface area (Å²) >= 11 is 0. The van der Waals surface area contributed by atoms with E-state index in [2.05, 4.69) is 13.2 Å². The summed E-state index contributed by atoms with van der Waals surface area (Å²) in [4.78, 5) is 14.4. The van der Waals surface area contributed by atoms with Crippen LogP contribution in [0.15, 0.2) is 49.6 Å². The summed E-state index contributed by atoms with van der Waals surface area (Å²) in [6, 6.07) is 6.01. The van der Waals surface area contributed by atoms with E-state index in [1.165, 1.54) is 12.1 Å². The van der Waals surface area contributed by atoms with Crippen LogP contribution in [-0.4, -0.2) is 23.9 Å². The number of benzene rings is 1. The molecule has 118 valence electrons. The molecule has 0 radical (unpaired) electrons. The van der Waals surface area contributed by atoms with Gasteiger partial charge in [0.1, 0.15) is 5.82 Å². The second-order valence-corrected chi connectivity index (χ2v) is 5.75. The summed E-state index contributed by atoms with van der Waals surface area (Å²) in [6.07, 6.45) is 5.14. The van der Waals surface area contributed by atoms with Crippen LogP contribution in [0.3, 0.4) is 0 Å². The minimum Gasteiger partial charge on any atom is -0.335 e. The van der Waals surface area contributed by atoms with Crippen molar-refractivity contribution in [3.63, 3.8) is 0 Å². The molecule has 1 unspecified atom stereocenters. The van der Waals surface area contributed by atoms with Crippen LogP contribution < -0.4 is 5.73 Å². The lowest BCUT2D eigenvalue weighted by molar-refractivity contribution is -0.140. The summed E-state index contributed by atoms with van der Waals surface area (Å²) < 4.78 is 13.3. The highest BCUT2D eigenvalue weighted by molar-refractivity contribution is 5.80. The van der Waals surface area contributed by atoms with Crippen molar-refractivity contribution >= 4 is 5.91 Å². The molecular formula is C18H23FN2O. The highest BCUT2D eigenvalue weighted by atomic mass is 19.1. The molecule has 3 nitrogen and oxygen atoms in total. The standard InChI is InChI=1S/C18H23FN2O/c1-3-10-21(11-4-2)18(22)16-9-8-15(16)17(20)13-6-5-7-14(19)12-13/h3-7,12,15-17H,1-2,8-11,20H2/t15-,16+,17?/m0/s1. The lowest BCUT2D eigenvalue weighted by Crippen LogP contribution is -2.47. The van der Waals surface area contributed by atoms with Crippen molar-refractivity contribution in [1.82, 2.24) is 4.90 Å². The third-order valence-electron chi connectivity index (χ3n) is 4.35. The molecule has 0 bridgehead atoms. The van der Waals surface area contributed by atoms with E-state index in [-0.39, 0.29) is 29.6 Å². The van der Waals surface area contributed by atoms with Crippen molar-refractivity contribution < 1.29 is 9.18 Å². The normalized spacial score (nSPS) is 21.5. The van der Waals surface area contributed by atoms with E-state index in [9.17, 15) is 9.18 Å². The van der Waals surface area contributed by atoms with Crippen molar-refractivity contribution in [1.29, 1.82) is 0 Å². The molecule has 1 amide bonds. The van der Waals surface area contributed by atoms with Crippen LogP contribution in [0.4, 0.5) is 4.39 Å². The molecule has 1 saturated carbocycles. The van der Waals surface area contributed by atoms with E-state index in [4.69, 9.17) is 5.73 Å². The summed E-state index contributed by atoms with van der Waals surface area (Å²) in [5.74, 6) is -0.248. The maximum Gasteiger partial charge on any atom is 0.226 e. The van der Waals surface area contributed by atoms with Gasteiger partial charge in [-0.1, -0.05) is 24.3 Å².